The Hall–Kier alpha value is -2.95. The number of pyridine rings is 1. The number of esters is 1. The molecule has 2 aromatic heterocycles. The molecule has 1 N–H and O–H groups in total. The molecule has 1 aliphatic carbocycles. The summed E-state index contributed by atoms with van der Waals surface area (Å²) >= 11 is 0. The van der Waals surface area contributed by atoms with Crippen LogP contribution < -0.4 is 5.32 Å². The second-order valence-corrected chi connectivity index (χ2v) is 7.82. The molecule has 3 rings (SSSR count). The molecule has 8 nitrogen and oxygen atoms in total. The number of ether oxygens (including phenoxy) is 1. The molecular formula is C20H24N4O4. The molecule has 0 spiro atoms. The second-order valence-electron chi connectivity index (χ2n) is 7.82. The van der Waals surface area contributed by atoms with E-state index < -0.39 is 23.5 Å². The summed E-state index contributed by atoms with van der Waals surface area (Å²) in [6.45, 7) is 8.51. The van der Waals surface area contributed by atoms with Crippen molar-refractivity contribution in [3.8, 4) is 6.07 Å². The molecule has 0 radical (unpaired) electrons. The maximum atomic E-state index is 12.8. The zero-order valence-corrected chi connectivity index (χ0v) is 16.7. The van der Waals surface area contributed by atoms with Crippen molar-refractivity contribution in [1.29, 1.82) is 5.26 Å². The summed E-state index contributed by atoms with van der Waals surface area (Å²) in [6, 6.07) is 3.80. The number of carbonyl (C=O) groups is 2. The summed E-state index contributed by atoms with van der Waals surface area (Å²) in [7, 11) is 0. The first-order valence-electron chi connectivity index (χ1n) is 9.37. The van der Waals surface area contributed by atoms with Gasteiger partial charge in [-0.3, -0.25) is 4.79 Å². The Morgan fingerprint density at radius 1 is 1.39 bits per heavy atom. The Balaban J connectivity index is 1.82. The molecule has 8 heteroatoms. The topological polar surface area (TPSA) is 118 Å². The van der Waals surface area contributed by atoms with E-state index in [0.29, 0.717) is 22.7 Å². The van der Waals surface area contributed by atoms with Crippen LogP contribution in [0.3, 0.4) is 0 Å². The molecule has 0 bridgehead atoms. The number of amides is 1. The van der Waals surface area contributed by atoms with Crippen LogP contribution >= 0.6 is 0 Å². The van der Waals surface area contributed by atoms with E-state index in [1.807, 2.05) is 13.8 Å². The third kappa shape index (κ3) is 3.70. The summed E-state index contributed by atoms with van der Waals surface area (Å²) in [6.07, 6.45) is 0.966. The minimum absolute atomic E-state index is 0.107. The van der Waals surface area contributed by atoms with Gasteiger partial charge < -0.3 is 14.6 Å². The molecule has 2 atom stereocenters. The van der Waals surface area contributed by atoms with E-state index in [1.54, 1.807) is 19.9 Å². The van der Waals surface area contributed by atoms with Gasteiger partial charge in [0.15, 0.2) is 6.10 Å². The molecule has 0 aromatic carbocycles. The molecule has 1 saturated carbocycles. The number of hydrogen-bond acceptors (Lipinski definition) is 7. The summed E-state index contributed by atoms with van der Waals surface area (Å²) in [5, 5.41) is 16.4. The Labute approximate surface area is 163 Å². The van der Waals surface area contributed by atoms with Crippen LogP contribution in [0.2, 0.25) is 0 Å². The maximum absolute atomic E-state index is 12.8. The van der Waals surface area contributed by atoms with Crippen LogP contribution in [0.25, 0.3) is 11.1 Å². The first-order valence-corrected chi connectivity index (χ1v) is 9.37. The van der Waals surface area contributed by atoms with Gasteiger partial charge in [-0.05, 0) is 45.6 Å². The normalized spacial score (nSPS) is 17.0. The zero-order valence-electron chi connectivity index (χ0n) is 16.7. The van der Waals surface area contributed by atoms with Gasteiger partial charge in [0.2, 0.25) is 0 Å². The minimum Gasteiger partial charge on any atom is -0.449 e. The monoisotopic (exact) mass is 384 g/mol. The lowest BCUT2D eigenvalue weighted by Crippen LogP contribution is -2.52. The quantitative estimate of drug-likeness (QED) is 0.760. The van der Waals surface area contributed by atoms with Crippen molar-refractivity contribution in [1.82, 2.24) is 15.5 Å². The van der Waals surface area contributed by atoms with E-state index >= 15 is 0 Å². The van der Waals surface area contributed by atoms with Crippen LogP contribution in [-0.2, 0) is 9.53 Å². The van der Waals surface area contributed by atoms with Crippen LogP contribution in [0.4, 0.5) is 0 Å². The number of fused-ring (bicyclic) bond motifs is 1. The number of nitriles is 1. The molecule has 1 amide bonds. The van der Waals surface area contributed by atoms with Crippen molar-refractivity contribution in [3.05, 3.63) is 23.0 Å². The van der Waals surface area contributed by atoms with Crippen molar-refractivity contribution in [3.63, 3.8) is 0 Å². The van der Waals surface area contributed by atoms with Gasteiger partial charge in [-0.25, -0.2) is 9.78 Å². The van der Waals surface area contributed by atoms with E-state index in [2.05, 4.69) is 21.5 Å². The average molecular weight is 384 g/mol. The number of aromatic nitrogens is 2. The number of rotatable bonds is 6. The van der Waals surface area contributed by atoms with Gasteiger partial charge in [-0.15, -0.1) is 0 Å². The Bertz CT molecular complexity index is 970. The molecule has 2 aromatic rings. The Morgan fingerprint density at radius 3 is 2.64 bits per heavy atom. The molecule has 148 valence electrons. The highest BCUT2D eigenvalue weighted by molar-refractivity contribution is 6.04. The van der Waals surface area contributed by atoms with Crippen LogP contribution in [-0.4, -0.2) is 33.7 Å². The van der Waals surface area contributed by atoms with Gasteiger partial charge in [0, 0.05) is 11.6 Å². The smallest absolute Gasteiger partial charge is 0.339 e. The summed E-state index contributed by atoms with van der Waals surface area (Å²) in [4.78, 5) is 29.7. The maximum Gasteiger partial charge on any atom is 0.339 e. The largest absolute Gasteiger partial charge is 0.449 e. The van der Waals surface area contributed by atoms with Crippen molar-refractivity contribution >= 4 is 23.0 Å². The van der Waals surface area contributed by atoms with E-state index in [9.17, 15) is 14.9 Å². The summed E-state index contributed by atoms with van der Waals surface area (Å²) in [5.74, 6) is -0.971. The highest BCUT2D eigenvalue weighted by Crippen LogP contribution is 2.40. The third-order valence-electron chi connectivity index (χ3n) is 5.28. The van der Waals surface area contributed by atoms with Crippen LogP contribution in [0.5, 0.6) is 0 Å². The number of carbonyl (C=O) groups excluding carboxylic acids is 2. The fourth-order valence-electron chi connectivity index (χ4n) is 2.80. The lowest BCUT2D eigenvalue weighted by Gasteiger charge is -2.28. The molecule has 1 fully saturated rings. The summed E-state index contributed by atoms with van der Waals surface area (Å²) in [5.41, 5.74) is 0.835. The molecule has 28 heavy (non-hydrogen) atoms. The van der Waals surface area contributed by atoms with Gasteiger partial charge >= 0.3 is 5.97 Å². The molecular weight excluding hydrogens is 360 g/mol. The lowest BCUT2D eigenvalue weighted by atomic mass is 9.90. The highest BCUT2D eigenvalue weighted by atomic mass is 16.5. The average Bonchev–Trinajstić information content (AvgIpc) is 3.44. The second kappa shape index (κ2) is 7.23. The molecule has 2 heterocycles. The molecule has 2 unspecified atom stereocenters. The number of nitrogens with one attached hydrogen (secondary N) is 1. The Kier molecular flexibility index (Phi) is 5.11. The van der Waals surface area contributed by atoms with Crippen molar-refractivity contribution < 1.29 is 18.8 Å². The van der Waals surface area contributed by atoms with Crippen LogP contribution in [0, 0.1) is 24.2 Å². The predicted octanol–water partition coefficient (Wildman–Crippen LogP) is 3.01. The molecule has 0 aliphatic heterocycles. The lowest BCUT2D eigenvalue weighted by molar-refractivity contribution is -0.130. The van der Waals surface area contributed by atoms with Crippen molar-refractivity contribution in [2.45, 2.75) is 65.0 Å². The zero-order chi connectivity index (χ0) is 20.6. The number of hydrogen-bond donors (Lipinski definition) is 1. The van der Waals surface area contributed by atoms with Gasteiger partial charge in [0.25, 0.3) is 11.6 Å². The Morgan fingerprint density at radius 2 is 2.07 bits per heavy atom. The molecule has 1 aliphatic rings. The fraction of sp³-hybridized carbons (Fsp3) is 0.550. The SMILES string of the molecule is Cc1noc2nc(C3CC3)cc(C(=O)OC(C)C(=O)NC(C)(C#N)C(C)C)c12. The van der Waals surface area contributed by atoms with E-state index in [1.165, 1.54) is 6.92 Å². The van der Waals surface area contributed by atoms with Crippen molar-refractivity contribution in [2.24, 2.45) is 5.92 Å². The van der Waals surface area contributed by atoms with Gasteiger partial charge in [-0.1, -0.05) is 19.0 Å². The van der Waals surface area contributed by atoms with E-state index in [0.717, 1.165) is 18.5 Å². The first kappa shape index (κ1) is 19.8. The van der Waals surface area contributed by atoms with Crippen molar-refractivity contribution in [2.75, 3.05) is 0 Å². The fourth-order valence-corrected chi connectivity index (χ4v) is 2.80. The van der Waals surface area contributed by atoms with Crippen LogP contribution in [0.15, 0.2) is 10.6 Å². The summed E-state index contributed by atoms with van der Waals surface area (Å²) < 4.78 is 10.6. The van der Waals surface area contributed by atoms with Crippen LogP contribution in [0.1, 0.15) is 68.2 Å². The third-order valence-corrected chi connectivity index (χ3v) is 5.28. The van der Waals surface area contributed by atoms with E-state index in [4.69, 9.17) is 9.26 Å². The standard InChI is InChI=1S/C20H24N4O4/c1-10(2)20(5,9-21)23-17(25)12(4)27-19(26)14-8-15(13-6-7-13)22-18-16(14)11(3)24-28-18/h8,10,12-13H,6-7H2,1-5H3,(H,23,25). The predicted molar refractivity (Wildman–Crippen MR) is 100 cm³/mol. The molecule has 0 saturated heterocycles. The minimum atomic E-state index is -1.06. The van der Waals surface area contributed by atoms with Gasteiger partial charge in [-0.2, -0.15) is 5.26 Å². The van der Waals surface area contributed by atoms with E-state index in [-0.39, 0.29) is 11.5 Å². The highest BCUT2D eigenvalue weighted by Gasteiger charge is 2.34. The van der Waals surface area contributed by atoms with Gasteiger partial charge in [0.1, 0.15) is 5.54 Å². The number of aryl methyl sites for hydroxylation is 1. The first-order chi connectivity index (χ1) is 13.2. The number of nitrogens with zero attached hydrogens (tertiary/aromatic N) is 3. The van der Waals surface area contributed by atoms with Gasteiger partial charge in [0.05, 0.1) is 22.7 Å².